The minimum atomic E-state index is -0.122. The van der Waals surface area contributed by atoms with E-state index in [1.165, 1.54) is 4.90 Å². The number of benzene rings is 1. The summed E-state index contributed by atoms with van der Waals surface area (Å²) in [5.41, 5.74) is 0.943. The minimum Gasteiger partial charge on any atom is -0.490 e. The molecule has 0 radical (unpaired) electrons. The highest BCUT2D eigenvalue weighted by Crippen LogP contribution is 2.28. The van der Waals surface area contributed by atoms with Crippen LogP contribution in [0.15, 0.2) is 18.2 Å². The molecule has 1 aromatic rings. The Balaban J connectivity index is 2.31. The van der Waals surface area contributed by atoms with Crippen LogP contribution in [-0.4, -0.2) is 31.0 Å². The Bertz CT molecular complexity index is 485. The maximum Gasteiger partial charge on any atom is 0.253 e. The van der Waals surface area contributed by atoms with E-state index < -0.39 is 0 Å². The molecule has 0 unspecified atom stereocenters. The van der Waals surface area contributed by atoms with Crippen molar-refractivity contribution in [1.29, 1.82) is 5.26 Å². The molecule has 1 aliphatic rings. The van der Waals surface area contributed by atoms with Crippen LogP contribution < -0.4 is 4.74 Å². The number of hydrogen-bond acceptors (Lipinski definition) is 3. The normalized spacial score (nSPS) is 13.9. The number of amides is 1. The first-order valence-electron chi connectivity index (χ1n) is 5.53. The fourth-order valence-corrected chi connectivity index (χ4v) is 1.49. The van der Waals surface area contributed by atoms with Gasteiger partial charge in [-0.1, -0.05) is 0 Å². The van der Waals surface area contributed by atoms with Crippen LogP contribution in [0.4, 0.5) is 0 Å². The molecule has 0 saturated heterocycles. The summed E-state index contributed by atoms with van der Waals surface area (Å²) in [4.78, 5) is 13.3. The van der Waals surface area contributed by atoms with Gasteiger partial charge in [-0.3, -0.25) is 4.79 Å². The maximum absolute atomic E-state index is 11.8. The molecule has 4 nitrogen and oxygen atoms in total. The summed E-state index contributed by atoms with van der Waals surface area (Å²) in [7, 11) is 3.37. The SMILES string of the molecule is CN(C)C(=O)c1cc(C#N)cc(OC2CC2)c1. The zero-order chi connectivity index (χ0) is 12.4. The van der Waals surface area contributed by atoms with Gasteiger partial charge in [0, 0.05) is 19.7 Å². The molecule has 0 bridgehead atoms. The third-order valence-electron chi connectivity index (χ3n) is 2.52. The van der Waals surface area contributed by atoms with Crippen LogP contribution in [0.1, 0.15) is 28.8 Å². The van der Waals surface area contributed by atoms with E-state index >= 15 is 0 Å². The number of hydrogen-bond donors (Lipinski definition) is 0. The molecular weight excluding hydrogens is 216 g/mol. The van der Waals surface area contributed by atoms with E-state index in [1.807, 2.05) is 6.07 Å². The van der Waals surface area contributed by atoms with E-state index in [0.717, 1.165) is 12.8 Å². The predicted octanol–water partition coefficient (Wildman–Crippen LogP) is 1.80. The lowest BCUT2D eigenvalue weighted by atomic mass is 10.1. The molecule has 0 N–H and O–H groups in total. The van der Waals surface area contributed by atoms with Gasteiger partial charge in [0.2, 0.25) is 0 Å². The van der Waals surface area contributed by atoms with E-state index in [9.17, 15) is 4.79 Å². The van der Waals surface area contributed by atoms with Crippen LogP contribution in [-0.2, 0) is 0 Å². The summed E-state index contributed by atoms with van der Waals surface area (Å²) in [5.74, 6) is 0.486. The van der Waals surface area contributed by atoms with Gasteiger partial charge in [0.25, 0.3) is 5.91 Å². The van der Waals surface area contributed by atoms with Crippen LogP contribution in [0.5, 0.6) is 5.75 Å². The molecule has 0 heterocycles. The van der Waals surface area contributed by atoms with Crippen LogP contribution in [0.3, 0.4) is 0 Å². The van der Waals surface area contributed by atoms with Crippen molar-refractivity contribution in [2.75, 3.05) is 14.1 Å². The molecule has 1 aliphatic carbocycles. The van der Waals surface area contributed by atoms with E-state index in [4.69, 9.17) is 10.00 Å². The van der Waals surface area contributed by atoms with Gasteiger partial charge < -0.3 is 9.64 Å². The highest BCUT2D eigenvalue weighted by molar-refractivity contribution is 5.94. The second-order valence-electron chi connectivity index (χ2n) is 4.37. The fourth-order valence-electron chi connectivity index (χ4n) is 1.49. The molecule has 2 rings (SSSR count). The van der Waals surface area contributed by atoms with Crippen molar-refractivity contribution in [3.8, 4) is 11.8 Å². The molecule has 0 spiro atoms. The Labute approximate surface area is 100 Å². The number of ether oxygens (including phenoxy) is 1. The van der Waals surface area contributed by atoms with Crippen molar-refractivity contribution in [2.45, 2.75) is 18.9 Å². The Morgan fingerprint density at radius 2 is 2.12 bits per heavy atom. The predicted molar refractivity (Wildman–Crippen MR) is 62.8 cm³/mol. The van der Waals surface area contributed by atoms with Crippen molar-refractivity contribution >= 4 is 5.91 Å². The van der Waals surface area contributed by atoms with E-state index in [-0.39, 0.29) is 12.0 Å². The van der Waals surface area contributed by atoms with E-state index in [1.54, 1.807) is 32.3 Å². The van der Waals surface area contributed by atoms with Crippen molar-refractivity contribution in [2.24, 2.45) is 0 Å². The lowest BCUT2D eigenvalue weighted by molar-refractivity contribution is 0.0827. The van der Waals surface area contributed by atoms with Crippen LogP contribution in [0, 0.1) is 11.3 Å². The molecular formula is C13H14N2O2. The first kappa shape index (κ1) is 11.5. The molecule has 1 aromatic carbocycles. The number of rotatable bonds is 3. The highest BCUT2D eigenvalue weighted by Gasteiger charge is 2.24. The molecule has 1 amide bonds. The van der Waals surface area contributed by atoms with Crippen LogP contribution >= 0.6 is 0 Å². The zero-order valence-electron chi connectivity index (χ0n) is 9.93. The first-order valence-corrected chi connectivity index (χ1v) is 5.53. The summed E-state index contributed by atoms with van der Waals surface area (Å²) >= 11 is 0. The summed E-state index contributed by atoms with van der Waals surface area (Å²) in [6.45, 7) is 0. The number of carbonyl (C=O) groups is 1. The van der Waals surface area contributed by atoms with Crippen LogP contribution in [0.25, 0.3) is 0 Å². The largest absolute Gasteiger partial charge is 0.490 e. The Morgan fingerprint density at radius 1 is 1.41 bits per heavy atom. The van der Waals surface area contributed by atoms with Crippen molar-refractivity contribution < 1.29 is 9.53 Å². The maximum atomic E-state index is 11.8. The Kier molecular flexibility index (Phi) is 3.01. The average Bonchev–Trinajstić information content (AvgIpc) is 3.11. The summed E-state index contributed by atoms with van der Waals surface area (Å²) in [6.07, 6.45) is 2.35. The topological polar surface area (TPSA) is 53.3 Å². The lowest BCUT2D eigenvalue weighted by Crippen LogP contribution is -2.21. The van der Waals surface area contributed by atoms with E-state index in [0.29, 0.717) is 16.9 Å². The summed E-state index contributed by atoms with van der Waals surface area (Å²) < 4.78 is 5.62. The standard InChI is InChI=1S/C13H14N2O2/c1-15(2)13(16)10-5-9(8-14)6-12(7-10)17-11-3-4-11/h5-7,11H,3-4H2,1-2H3. The molecule has 0 atom stereocenters. The third-order valence-corrected chi connectivity index (χ3v) is 2.52. The fraction of sp³-hybridized carbons (Fsp3) is 0.385. The second-order valence-corrected chi connectivity index (χ2v) is 4.37. The molecule has 1 fully saturated rings. The van der Waals surface area contributed by atoms with Gasteiger partial charge >= 0.3 is 0 Å². The van der Waals surface area contributed by atoms with Crippen LogP contribution in [0.2, 0.25) is 0 Å². The van der Waals surface area contributed by atoms with Gasteiger partial charge in [0.05, 0.1) is 17.7 Å². The Morgan fingerprint density at radius 3 is 2.65 bits per heavy atom. The van der Waals surface area contributed by atoms with Crippen molar-refractivity contribution in [3.05, 3.63) is 29.3 Å². The molecule has 17 heavy (non-hydrogen) atoms. The van der Waals surface area contributed by atoms with Gasteiger partial charge in [0.15, 0.2) is 0 Å². The molecule has 88 valence electrons. The molecule has 4 heteroatoms. The quantitative estimate of drug-likeness (QED) is 0.795. The Hall–Kier alpha value is -2.02. The molecule has 0 aliphatic heterocycles. The smallest absolute Gasteiger partial charge is 0.253 e. The van der Waals surface area contributed by atoms with Crippen molar-refractivity contribution in [1.82, 2.24) is 4.90 Å². The third kappa shape index (κ3) is 2.76. The number of nitrogens with zero attached hydrogens (tertiary/aromatic N) is 2. The van der Waals surface area contributed by atoms with Gasteiger partial charge in [-0.2, -0.15) is 5.26 Å². The summed E-state index contributed by atoms with van der Waals surface area (Å²) in [5, 5.41) is 8.93. The van der Waals surface area contributed by atoms with Gasteiger partial charge in [0.1, 0.15) is 5.75 Å². The lowest BCUT2D eigenvalue weighted by Gasteiger charge is -2.12. The summed E-state index contributed by atoms with van der Waals surface area (Å²) in [6, 6.07) is 7.00. The molecule has 1 saturated carbocycles. The first-order chi connectivity index (χ1) is 8.10. The minimum absolute atomic E-state index is 0.122. The zero-order valence-corrected chi connectivity index (χ0v) is 9.93. The van der Waals surface area contributed by atoms with E-state index in [2.05, 4.69) is 0 Å². The van der Waals surface area contributed by atoms with Gasteiger partial charge in [-0.25, -0.2) is 0 Å². The number of nitriles is 1. The van der Waals surface area contributed by atoms with Gasteiger partial charge in [-0.05, 0) is 31.0 Å². The molecule has 0 aromatic heterocycles. The van der Waals surface area contributed by atoms with Crippen molar-refractivity contribution in [3.63, 3.8) is 0 Å². The number of carbonyl (C=O) groups excluding carboxylic acids is 1. The highest BCUT2D eigenvalue weighted by atomic mass is 16.5. The van der Waals surface area contributed by atoms with Gasteiger partial charge in [-0.15, -0.1) is 0 Å². The monoisotopic (exact) mass is 230 g/mol. The second kappa shape index (κ2) is 4.46. The average molecular weight is 230 g/mol.